The normalized spacial score (nSPS) is 25.3. The molecule has 0 saturated carbocycles. The number of aliphatic hydroxyl groups excluding tert-OH is 1. The number of rotatable bonds is 3. The minimum absolute atomic E-state index is 0.205. The summed E-state index contributed by atoms with van der Waals surface area (Å²) >= 11 is 11.8. The number of pyridine rings is 1. The van der Waals surface area contributed by atoms with Crippen LogP contribution in [0.1, 0.15) is 31.7 Å². The fraction of sp³-hybridized carbons (Fsp3) is 0.615. The molecule has 0 amide bonds. The standard InChI is InChI=1S/C13H18Cl2N2O/c1-9-3-2-4-11(8-18)17(9)7-10-5-12(14)16-13(15)6-10/h5-6,9,11,18H,2-4,7-8H2,1H3. The molecule has 1 aliphatic heterocycles. The van der Waals surface area contributed by atoms with Gasteiger partial charge in [-0.15, -0.1) is 0 Å². The van der Waals surface area contributed by atoms with Gasteiger partial charge in [0.25, 0.3) is 0 Å². The monoisotopic (exact) mass is 288 g/mol. The molecule has 2 unspecified atom stereocenters. The number of aliphatic hydroxyl groups is 1. The summed E-state index contributed by atoms with van der Waals surface area (Å²) < 4.78 is 0. The van der Waals surface area contributed by atoms with E-state index in [4.69, 9.17) is 23.2 Å². The zero-order valence-electron chi connectivity index (χ0n) is 10.4. The van der Waals surface area contributed by atoms with E-state index in [-0.39, 0.29) is 12.6 Å². The molecule has 2 atom stereocenters. The summed E-state index contributed by atoms with van der Waals surface area (Å²) in [4.78, 5) is 6.27. The van der Waals surface area contributed by atoms with Crippen molar-refractivity contribution in [2.75, 3.05) is 6.61 Å². The van der Waals surface area contributed by atoms with Crippen LogP contribution in [0.4, 0.5) is 0 Å². The fourth-order valence-electron chi connectivity index (χ4n) is 2.64. The zero-order valence-corrected chi connectivity index (χ0v) is 12.0. The van der Waals surface area contributed by atoms with Crippen LogP contribution in [0.5, 0.6) is 0 Å². The van der Waals surface area contributed by atoms with Gasteiger partial charge in [-0.05, 0) is 37.5 Å². The molecule has 2 rings (SSSR count). The van der Waals surface area contributed by atoms with Gasteiger partial charge < -0.3 is 5.11 Å². The van der Waals surface area contributed by atoms with Gasteiger partial charge in [-0.1, -0.05) is 29.6 Å². The van der Waals surface area contributed by atoms with Crippen molar-refractivity contribution < 1.29 is 5.11 Å². The Hall–Kier alpha value is -0.350. The summed E-state index contributed by atoms with van der Waals surface area (Å²) in [5.74, 6) is 0. The molecule has 100 valence electrons. The van der Waals surface area contributed by atoms with E-state index in [9.17, 15) is 5.11 Å². The summed E-state index contributed by atoms with van der Waals surface area (Å²) in [6, 6.07) is 4.38. The van der Waals surface area contributed by atoms with Gasteiger partial charge >= 0.3 is 0 Å². The van der Waals surface area contributed by atoms with Crippen LogP contribution in [-0.4, -0.2) is 33.7 Å². The fourth-order valence-corrected chi connectivity index (χ4v) is 3.14. The predicted octanol–water partition coefficient (Wildman–Crippen LogP) is 3.12. The summed E-state index contributed by atoms with van der Waals surface area (Å²) in [5, 5.41) is 10.3. The van der Waals surface area contributed by atoms with E-state index in [1.807, 2.05) is 12.1 Å². The lowest BCUT2D eigenvalue weighted by Gasteiger charge is -2.40. The average molecular weight is 289 g/mol. The molecule has 18 heavy (non-hydrogen) atoms. The number of hydrogen-bond donors (Lipinski definition) is 1. The topological polar surface area (TPSA) is 36.4 Å². The van der Waals surface area contributed by atoms with Crippen LogP contribution >= 0.6 is 23.2 Å². The highest BCUT2D eigenvalue weighted by molar-refractivity contribution is 6.32. The Morgan fingerprint density at radius 2 is 2.00 bits per heavy atom. The molecule has 1 aliphatic rings. The van der Waals surface area contributed by atoms with Crippen molar-refractivity contribution in [3.8, 4) is 0 Å². The summed E-state index contributed by atoms with van der Waals surface area (Å²) in [7, 11) is 0. The van der Waals surface area contributed by atoms with Crippen molar-refractivity contribution in [2.45, 2.75) is 44.8 Å². The molecule has 2 heterocycles. The Bertz CT molecular complexity index is 394. The Morgan fingerprint density at radius 3 is 2.61 bits per heavy atom. The van der Waals surface area contributed by atoms with E-state index in [1.165, 1.54) is 12.8 Å². The van der Waals surface area contributed by atoms with E-state index < -0.39 is 0 Å². The maximum absolute atomic E-state index is 9.46. The largest absolute Gasteiger partial charge is 0.395 e. The molecular formula is C13H18Cl2N2O. The first-order chi connectivity index (χ1) is 8.60. The highest BCUT2D eigenvalue weighted by Crippen LogP contribution is 2.26. The van der Waals surface area contributed by atoms with Crippen molar-refractivity contribution in [2.24, 2.45) is 0 Å². The molecule has 0 spiro atoms. The molecule has 0 bridgehead atoms. The molecule has 1 aromatic heterocycles. The highest BCUT2D eigenvalue weighted by atomic mass is 35.5. The molecule has 1 N–H and O–H groups in total. The first-order valence-corrected chi connectivity index (χ1v) is 7.04. The van der Waals surface area contributed by atoms with Crippen LogP contribution in [0.25, 0.3) is 0 Å². The molecular weight excluding hydrogens is 271 g/mol. The average Bonchev–Trinajstić information content (AvgIpc) is 2.30. The molecule has 1 aromatic rings. The number of aromatic nitrogens is 1. The minimum atomic E-state index is 0.205. The second kappa shape index (κ2) is 6.20. The van der Waals surface area contributed by atoms with Crippen LogP contribution in [0, 0.1) is 0 Å². The first kappa shape index (κ1) is 14.1. The Balaban J connectivity index is 2.14. The van der Waals surface area contributed by atoms with Gasteiger partial charge in [0.2, 0.25) is 0 Å². The molecule has 0 aliphatic carbocycles. The minimum Gasteiger partial charge on any atom is -0.395 e. The second-order valence-corrected chi connectivity index (χ2v) is 5.68. The number of piperidine rings is 1. The SMILES string of the molecule is CC1CCCC(CO)N1Cc1cc(Cl)nc(Cl)c1. The van der Waals surface area contributed by atoms with E-state index >= 15 is 0 Å². The quantitative estimate of drug-likeness (QED) is 0.869. The van der Waals surface area contributed by atoms with Crippen molar-refractivity contribution in [3.05, 3.63) is 28.0 Å². The van der Waals surface area contributed by atoms with Crippen LogP contribution in [0.3, 0.4) is 0 Å². The second-order valence-electron chi connectivity index (χ2n) is 4.91. The smallest absolute Gasteiger partial charge is 0.131 e. The van der Waals surface area contributed by atoms with E-state index in [1.54, 1.807) is 0 Å². The van der Waals surface area contributed by atoms with Crippen LogP contribution in [-0.2, 0) is 6.54 Å². The van der Waals surface area contributed by atoms with Crippen molar-refractivity contribution in [1.29, 1.82) is 0 Å². The molecule has 5 heteroatoms. The summed E-state index contributed by atoms with van der Waals surface area (Å²) in [6.07, 6.45) is 3.40. The van der Waals surface area contributed by atoms with Crippen LogP contribution in [0.15, 0.2) is 12.1 Å². The van der Waals surface area contributed by atoms with Gasteiger partial charge in [-0.25, -0.2) is 4.98 Å². The van der Waals surface area contributed by atoms with Gasteiger partial charge in [-0.2, -0.15) is 0 Å². The number of likely N-dealkylation sites (tertiary alicyclic amines) is 1. The Morgan fingerprint density at radius 1 is 1.33 bits per heavy atom. The van der Waals surface area contributed by atoms with Gasteiger partial charge in [0.15, 0.2) is 0 Å². The van der Waals surface area contributed by atoms with Gasteiger partial charge in [0, 0.05) is 18.6 Å². The van der Waals surface area contributed by atoms with E-state index in [0.717, 1.165) is 18.5 Å². The molecule has 3 nitrogen and oxygen atoms in total. The van der Waals surface area contributed by atoms with Crippen LogP contribution < -0.4 is 0 Å². The van der Waals surface area contributed by atoms with Gasteiger partial charge in [0.05, 0.1) is 6.61 Å². The summed E-state index contributed by atoms with van der Waals surface area (Å²) in [6.45, 7) is 3.16. The van der Waals surface area contributed by atoms with Gasteiger partial charge in [-0.3, -0.25) is 4.90 Å². The Labute approximate surface area is 118 Å². The van der Waals surface area contributed by atoms with Crippen LogP contribution in [0.2, 0.25) is 10.3 Å². The molecule has 1 fully saturated rings. The van der Waals surface area contributed by atoms with Gasteiger partial charge in [0.1, 0.15) is 10.3 Å². The van der Waals surface area contributed by atoms with Crippen molar-refractivity contribution >= 4 is 23.2 Å². The third-order valence-corrected chi connectivity index (χ3v) is 3.98. The predicted molar refractivity (Wildman–Crippen MR) is 74.0 cm³/mol. The lowest BCUT2D eigenvalue weighted by molar-refractivity contribution is 0.0452. The molecule has 0 radical (unpaired) electrons. The zero-order chi connectivity index (χ0) is 13.1. The number of nitrogens with zero attached hydrogens (tertiary/aromatic N) is 2. The van der Waals surface area contributed by atoms with Crippen molar-refractivity contribution in [3.63, 3.8) is 0 Å². The van der Waals surface area contributed by atoms with E-state index in [2.05, 4.69) is 16.8 Å². The third kappa shape index (κ3) is 3.35. The highest BCUT2D eigenvalue weighted by Gasteiger charge is 2.27. The first-order valence-electron chi connectivity index (χ1n) is 6.28. The maximum atomic E-state index is 9.46. The molecule has 0 aromatic carbocycles. The lowest BCUT2D eigenvalue weighted by Crippen LogP contribution is -2.46. The maximum Gasteiger partial charge on any atom is 0.131 e. The van der Waals surface area contributed by atoms with Crippen molar-refractivity contribution in [1.82, 2.24) is 9.88 Å². The third-order valence-electron chi connectivity index (χ3n) is 3.59. The van der Waals surface area contributed by atoms with E-state index in [0.29, 0.717) is 16.3 Å². The number of halogens is 2. The summed E-state index contributed by atoms with van der Waals surface area (Å²) in [5.41, 5.74) is 1.05. The number of hydrogen-bond acceptors (Lipinski definition) is 3. The molecule has 1 saturated heterocycles. The lowest BCUT2D eigenvalue weighted by atomic mass is 9.96. The Kier molecular flexibility index (Phi) is 4.84.